The Morgan fingerprint density at radius 3 is 2.50 bits per heavy atom. The molecule has 0 aromatic rings. The predicted octanol–water partition coefficient (Wildman–Crippen LogP) is 0.389. The Kier molecular flexibility index (Phi) is 5.84. The van der Waals surface area contributed by atoms with E-state index < -0.39 is 26.7 Å². The first-order valence-corrected chi connectivity index (χ1v) is 4.42. The Hall–Kier alpha value is -0.480. The Balaban J connectivity index is 4.10. The first-order chi connectivity index (χ1) is 5.61. The van der Waals surface area contributed by atoms with Gasteiger partial charge in [0.05, 0.1) is 6.61 Å². The van der Waals surface area contributed by atoms with Crippen molar-refractivity contribution in [1.29, 1.82) is 0 Å². The third-order valence-corrected chi connectivity index (χ3v) is 1.68. The molecule has 0 aromatic heterocycles. The zero-order chi connectivity index (χ0) is 9.56. The van der Waals surface area contributed by atoms with Crippen LogP contribution in [0.1, 0.15) is 6.42 Å². The molecule has 0 aromatic carbocycles. The summed E-state index contributed by atoms with van der Waals surface area (Å²) in [5, 5.41) is 17.5. The van der Waals surface area contributed by atoms with Crippen LogP contribution in [0.3, 0.4) is 0 Å². The molecule has 0 amide bonds. The molecule has 0 rings (SSSR count). The molecule has 0 spiro atoms. The molecule has 0 heterocycles. The maximum atomic E-state index is 10.1. The van der Waals surface area contributed by atoms with Gasteiger partial charge in [-0.2, -0.15) is 0 Å². The van der Waals surface area contributed by atoms with E-state index in [0.717, 1.165) is 0 Å². The van der Waals surface area contributed by atoms with Gasteiger partial charge in [0.15, 0.2) is 0 Å². The van der Waals surface area contributed by atoms with Crippen LogP contribution in [-0.2, 0) is 13.7 Å². The lowest BCUT2D eigenvalue weighted by Crippen LogP contribution is -2.29. The number of aliphatic hydroxyl groups is 2. The van der Waals surface area contributed by atoms with E-state index in [2.05, 4.69) is 11.1 Å². The molecule has 0 fully saturated rings. The Morgan fingerprint density at radius 2 is 2.17 bits per heavy atom. The van der Waals surface area contributed by atoms with Crippen LogP contribution in [-0.4, -0.2) is 29.0 Å². The lowest BCUT2D eigenvalue weighted by Gasteiger charge is -2.15. The van der Waals surface area contributed by atoms with Gasteiger partial charge in [-0.1, -0.05) is 6.08 Å². The number of hydrogen-bond donors (Lipinski definition) is 2. The topological polar surface area (TPSA) is 83.8 Å². The second kappa shape index (κ2) is 6.08. The van der Waals surface area contributed by atoms with Crippen LogP contribution >= 0.6 is 7.91 Å². The summed E-state index contributed by atoms with van der Waals surface area (Å²) in [5.74, 6) is 0. The molecule has 0 radical (unpaired) electrons. The molecule has 12 heavy (non-hydrogen) atoms. The smallest absolute Gasteiger partial charge is 0.394 e. The molecule has 0 aliphatic carbocycles. The summed E-state index contributed by atoms with van der Waals surface area (Å²) in [7, 11) is -3.01. The highest BCUT2D eigenvalue weighted by atomic mass is 31.1. The highest BCUT2D eigenvalue weighted by Gasteiger charge is 2.19. The second-order valence-corrected chi connectivity index (χ2v) is 2.80. The third-order valence-electron chi connectivity index (χ3n) is 1.24. The van der Waals surface area contributed by atoms with Crippen LogP contribution < -0.4 is 0 Å². The van der Waals surface area contributed by atoms with Gasteiger partial charge in [-0.25, -0.2) is 9.13 Å². The minimum atomic E-state index is -3.01. The van der Waals surface area contributed by atoms with Crippen molar-refractivity contribution in [3.63, 3.8) is 0 Å². The molecule has 70 valence electrons. The van der Waals surface area contributed by atoms with Gasteiger partial charge in [0, 0.05) is 0 Å². The van der Waals surface area contributed by atoms with Crippen LogP contribution in [0.25, 0.3) is 0 Å². The molecule has 2 atom stereocenters. The summed E-state index contributed by atoms with van der Waals surface area (Å²) in [6.45, 7) is 2.81. The number of rotatable bonds is 6. The van der Waals surface area contributed by atoms with Crippen molar-refractivity contribution in [2.24, 2.45) is 0 Å². The van der Waals surface area contributed by atoms with Crippen molar-refractivity contribution in [2.45, 2.75) is 18.6 Å². The van der Waals surface area contributed by atoms with E-state index >= 15 is 0 Å². The molecule has 0 aliphatic rings. The standard InChI is InChI=1S/C6H11O5P/c1-2-3-6(5(8)4-7)11-12(9)10/h2,5-8H,1,3-4H2. The highest BCUT2D eigenvalue weighted by Crippen LogP contribution is 2.16. The molecule has 5 nitrogen and oxygen atoms in total. The Bertz CT molecular complexity index is 192. The van der Waals surface area contributed by atoms with Gasteiger partial charge in [-0.05, 0) is 6.42 Å². The van der Waals surface area contributed by atoms with Crippen molar-refractivity contribution in [3.8, 4) is 0 Å². The van der Waals surface area contributed by atoms with Gasteiger partial charge in [-0.3, -0.25) is 4.52 Å². The fourth-order valence-corrected chi connectivity index (χ4v) is 1.11. The number of hydrogen-bond acceptors (Lipinski definition) is 5. The van der Waals surface area contributed by atoms with Gasteiger partial charge in [0.2, 0.25) is 0 Å². The van der Waals surface area contributed by atoms with Crippen LogP contribution in [0.5, 0.6) is 0 Å². The minimum Gasteiger partial charge on any atom is -0.394 e. The molecule has 0 saturated heterocycles. The van der Waals surface area contributed by atoms with E-state index in [-0.39, 0.29) is 6.42 Å². The summed E-state index contributed by atoms with van der Waals surface area (Å²) >= 11 is 0. The van der Waals surface area contributed by atoms with Gasteiger partial charge >= 0.3 is 7.91 Å². The SMILES string of the molecule is C=CCC(OP(=O)=O)C(O)CO. The molecule has 0 saturated carbocycles. The molecule has 2 N–H and O–H groups in total. The van der Waals surface area contributed by atoms with E-state index in [1.165, 1.54) is 6.08 Å². The maximum absolute atomic E-state index is 10.1. The molecule has 0 aliphatic heterocycles. The van der Waals surface area contributed by atoms with Gasteiger partial charge in [0.25, 0.3) is 0 Å². The fraction of sp³-hybridized carbons (Fsp3) is 0.667. The summed E-state index contributed by atoms with van der Waals surface area (Å²) < 4.78 is 24.5. The lowest BCUT2D eigenvalue weighted by atomic mass is 10.1. The summed E-state index contributed by atoms with van der Waals surface area (Å²) in [6.07, 6.45) is -0.558. The second-order valence-electron chi connectivity index (χ2n) is 2.14. The fourth-order valence-electron chi connectivity index (χ4n) is 0.663. The van der Waals surface area contributed by atoms with E-state index in [9.17, 15) is 9.13 Å². The van der Waals surface area contributed by atoms with Crippen LogP contribution in [0.2, 0.25) is 0 Å². The maximum Gasteiger partial charge on any atom is 0.468 e. The number of aliphatic hydroxyl groups excluding tert-OH is 2. The van der Waals surface area contributed by atoms with Crippen LogP contribution in [0.4, 0.5) is 0 Å². The first-order valence-electron chi connectivity index (χ1n) is 3.32. The summed E-state index contributed by atoms with van der Waals surface area (Å²) in [4.78, 5) is 0. The van der Waals surface area contributed by atoms with Crippen LogP contribution in [0.15, 0.2) is 12.7 Å². The highest BCUT2D eigenvalue weighted by molar-refractivity contribution is 7.24. The van der Waals surface area contributed by atoms with Crippen molar-refractivity contribution in [3.05, 3.63) is 12.7 Å². The molecule has 2 unspecified atom stereocenters. The predicted molar refractivity (Wildman–Crippen MR) is 41.1 cm³/mol. The Labute approximate surface area is 70.6 Å². The molecule has 6 heteroatoms. The van der Waals surface area contributed by atoms with Gasteiger partial charge in [-0.15, -0.1) is 6.58 Å². The average molecular weight is 194 g/mol. The van der Waals surface area contributed by atoms with Crippen LogP contribution in [0, 0.1) is 0 Å². The zero-order valence-corrected chi connectivity index (χ0v) is 7.31. The zero-order valence-electron chi connectivity index (χ0n) is 6.42. The van der Waals surface area contributed by atoms with Crippen molar-refractivity contribution >= 4 is 7.91 Å². The van der Waals surface area contributed by atoms with Gasteiger partial charge < -0.3 is 10.2 Å². The molecule has 0 bridgehead atoms. The van der Waals surface area contributed by atoms with Crippen molar-refractivity contribution in [2.75, 3.05) is 6.61 Å². The van der Waals surface area contributed by atoms with E-state index in [4.69, 9.17) is 10.2 Å². The molecular weight excluding hydrogens is 183 g/mol. The largest absolute Gasteiger partial charge is 0.468 e. The summed E-state index contributed by atoms with van der Waals surface area (Å²) in [6, 6.07) is 0. The van der Waals surface area contributed by atoms with Crippen molar-refractivity contribution < 1.29 is 23.9 Å². The van der Waals surface area contributed by atoms with E-state index in [1.807, 2.05) is 0 Å². The quantitative estimate of drug-likeness (QED) is 0.472. The third kappa shape index (κ3) is 4.41. The minimum absolute atomic E-state index is 0.172. The first kappa shape index (κ1) is 11.5. The van der Waals surface area contributed by atoms with E-state index in [0.29, 0.717) is 0 Å². The van der Waals surface area contributed by atoms with E-state index in [1.54, 1.807) is 0 Å². The monoisotopic (exact) mass is 194 g/mol. The van der Waals surface area contributed by atoms with Crippen molar-refractivity contribution in [1.82, 2.24) is 0 Å². The lowest BCUT2D eigenvalue weighted by molar-refractivity contribution is 0.00297. The Morgan fingerprint density at radius 1 is 1.58 bits per heavy atom. The summed E-state index contributed by atoms with van der Waals surface area (Å²) in [5.41, 5.74) is 0. The molecular formula is C6H11O5P. The normalized spacial score (nSPS) is 15.2. The average Bonchev–Trinajstić information content (AvgIpc) is 2.01. The van der Waals surface area contributed by atoms with Gasteiger partial charge in [0.1, 0.15) is 12.2 Å².